The van der Waals surface area contributed by atoms with Crippen LogP contribution in [0.4, 0.5) is 0 Å². The van der Waals surface area contributed by atoms with Crippen molar-refractivity contribution in [1.82, 2.24) is 26.2 Å². The van der Waals surface area contributed by atoms with Gasteiger partial charge in [0.2, 0.25) is 35.4 Å². The first-order valence-electron chi connectivity index (χ1n) is 14.2. The van der Waals surface area contributed by atoms with Gasteiger partial charge in [-0.05, 0) is 51.4 Å². The van der Waals surface area contributed by atoms with Crippen LogP contribution in [0, 0.1) is 11.8 Å². The van der Waals surface area contributed by atoms with E-state index in [1.54, 1.807) is 13.8 Å². The Labute approximate surface area is 246 Å². The van der Waals surface area contributed by atoms with Crippen LogP contribution in [0.2, 0.25) is 0 Å². The molecule has 6 amide bonds. The Kier molecular flexibility index (Phi) is 14.4. The summed E-state index contributed by atoms with van der Waals surface area (Å²) in [5, 5.41) is 19.2. The first-order valence-corrected chi connectivity index (χ1v) is 14.2. The van der Waals surface area contributed by atoms with Crippen molar-refractivity contribution in [2.75, 3.05) is 6.54 Å². The van der Waals surface area contributed by atoms with Crippen molar-refractivity contribution in [3.05, 3.63) is 0 Å². The summed E-state index contributed by atoms with van der Waals surface area (Å²) in [6.45, 7) is 10.1. The van der Waals surface area contributed by atoms with E-state index in [1.165, 1.54) is 18.7 Å². The monoisotopic (exact) mass is 597 g/mol. The van der Waals surface area contributed by atoms with Crippen LogP contribution in [0.25, 0.3) is 0 Å². The Morgan fingerprint density at radius 3 is 1.98 bits per heavy atom. The summed E-state index contributed by atoms with van der Waals surface area (Å²) in [5.74, 6) is -5.21. The number of nitrogens with two attached hydrogens (primary N) is 2. The van der Waals surface area contributed by atoms with Crippen LogP contribution >= 0.6 is 0 Å². The highest BCUT2D eigenvalue weighted by Crippen LogP contribution is 2.20. The highest BCUT2D eigenvalue weighted by atomic mass is 16.4. The minimum absolute atomic E-state index is 0.00801. The number of carboxylic acid groups (broad SMARTS) is 1. The summed E-state index contributed by atoms with van der Waals surface area (Å²) >= 11 is 0. The molecule has 0 aliphatic carbocycles. The topological polar surface area (TPSA) is 243 Å². The van der Waals surface area contributed by atoms with Crippen molar-refractivity contribution < 1.29 is 38.7 Å². The molecular formula is C27H47N7O8. The molecule has 1 heterocycles. The number of primary amides is 1. The molecule has 15 heteroatoms. The number of carbonyl (C=O) groups is 7. The number of amides is 6. The lowest BCUT2D eigenvalue weighted by Gasteiger charge is -2.30. The van der Waals surface area contributed by atoms with E-state index < -0.39 is 77.7 Å². The standard InChI is InChI=1S/C27H47N7O8/c1-13(2)12-18(23(37)31-16(6)27(41)42)32-22(36)15(5)30-25(39)21(14(3)4)33-24(38)19-8-7-11-34(19)26(40)17(28)9-10-20(29)35/h13-19,21H,7-12,28H2,1-6H3,(H2,29,35)(H,30,39)(H,31,37)(H,32,36)(H,33,38)(H,41,42)/t15-,16-,17-,18-,19-,21-/m0/s1. The Morgan fingerprint density at radius 2 is 1.45 bits per heavy atom. The smallest absolute Gasteiger partial charge is 0.325 e. The van der Waals surface area contributed by atoms with E-state index in [1.807, 2.05) is 13.8 Å². The normalized spacial score (nSPS) is 18.4. The van der Waals surface area contributed by atoms with Gasteiger partial charge in [0.05, 0.1) is 6.04 Å². The zero-order valence-electron chi connectivity index (χ0n) is 25.3. The van der Waals surface area contributed by atoms with Gasteiger partial charge in [-0.25, -0.2) is 0 Å². The predicted molar refractivity (Wildman–Crippen MR) is 152 cm³/mol. The summed E-state index contributed by atoms with van der Waals surface area (Å²) in [7, 11) is 0. The van der Waals surface area contributed by atoms with Crippen LogP contribution in [-0.2, 0) is 33.6 Å². The maximum Gasteiger partial charge on any atom is 0.325 e. The number of hydrogen-bond donors (Lipinski definition) is 7. The number of rotatable bonds is 16. The molecule has 9 N–H and O–H groups in total. The number of likely N-dealkylation sites (tertiary alicyclic amines) is 1. The van der Waals surface area contributed by atoms with Gasteiger partial charge in [-0.15, -0.1) is 0 Å². The Morgan fingerprint density at radius 1 is 0.857 bits per heavy atom. The summed E-state index contributed by atoms with van der Waals surface area (Å²) < 4.78 is 0. The molecule has 0 unspecified atom stereocenters. The number of nitrogens with one attached hydrogen (secondary N) is 4. The second-order valence-corrected chi connectivity index (χ2v) is 11.5. The number of carboxylic acids is 1. The molecular weight excluding hydrogens is 550 g/mol. The van der Waals surface area contributed by atoms with Crippen molar-refractivity contribution in [2.45, 2.75) is 110 Å². The van der Waals surface area contributed by atoms with Crippen molar-refractivity contribution in [1.29, 1.82) is 0 Å². The average molecular weight is 598 g/mol. The van der Waals surface area contributed by atoms with Gasteiger partial charge in [0.15, 0.2) is 0 Å². The Hall–Kier alpha value is -3.75. The molecule has 238 valence electrons. The van der Waals surface area contributed by atoms with Gasteiger partial charge in [-0.1, -0.05) is 27.7 Å². The molecule has 1 aliphatic heterocycles. The molecule has 15 nitrogen and oxygen atoms in total. The lowest BCUT2D eigenvalue weighted by molar-refractivity contribution is -0.142. The molecule has 42 heavy (non-hydrogen) atoms. The molecule has 0 aromatic carbocycles. The maximum absolute atomic E-state index is 13.2. The zero-order valence-corrected chi connectivity index (χ0v) is 25.3. The fraction of sp³-hybridized carbons (Fsp3) is 0.741. The summed E-state index contributed by atoms with van der Waals surface area (Å²) in [4.78, 5) is 88.2. The van der Waals surface area contributed by atoms with Crippen molar-refractivity contribution >= 4 is 41.4 Å². The average Bonchev–Trinajstić information content (AvgIpc) is 3.38. The van der Waals surface area contributed by atoms with Crippen LogP contribution < -0.4 is 32.7 Å². The first-order chi connectivity index (χ1) is 19.5. The highest BCUT2D eigenvalue weighted by molar-refractivity contribution is 5.96. The minimum Gasteiger partial charge on any atom is -0.480 e. The van der Waals surface area contributed by atoms with Gasteiger partial charge in [-0.2, -0.15) is 0 Å². The first kappa shape index (κ1) is 36.3. The Balaban J connectivity index is 2.88. The second kappa shape index (κ2) is 16.6. The fourth-order valence-corrected chi connectivity index (χ4v) is 4.47. The molecule has 0 spiro atoms. The van der Waals surface area contributed by atoms with E-state index in [9.17, 15) is 33.6 Å². The fourth-order valence-electron chi connectivity index (χ4n) is 4.47. The van der Waals surface area contributed by atoms with Gasteiger partial charge in [-0.3, -0.25) is 33.6 Å². The number of hydrogen-bond acceptors (Lipinski definition) is 8. The lowest BCUT2D eigenvalue weighted by Crippen LogP contribution is -2.59. The number of nitrogens with zero attached hydrogens (tertiary/aromatic N) is 1. The number of aliphatic carboxylic acids is 1. The molecule has 1 saturated heterocycles. The largest absolute Gasteiger partial charge is 0.480 e. The number of carbonyl (C=O) groups excluding carboxylic acids is 6. The summed E-state index contributed by atoms with van der Waals surface area (Å²) in [6.07, 6.45) is 1.14. The molecule has 6 atom stereocenters. The molecule has 1 rings (SSSR count). The van der Waals surface area contributed by atoms with Gasteiger partial charge >= 0.3 is 5.97 Å². The van der Waals surface area contributed by atoms with Crippen LogP contribution in [-0.4, -0.2) is 94.2 Å². The lowest BCUT2D eigenvalue weighted by atomic mass is 10.0. The van der Waals surface area contributed by atoms with Crippen LogP contribution in [0.3, 0.4) is 0 Å². The second-order valence-electron chi connectivity index (χ2n) is 11.5. The van der Waals surface area contributed by atoms with Crippen LogP contribution in [0.15, 0.2) is 0 Å². The van der Waals surface area contributed by atoms with Crippen LogP contribution in [0.1, 0.15) is 73.6 Å². The zero-order chi connectivity index (χ0) is 32.3. The molecule has 0 saturated carbocycles. The summed E-state index contributed by atoms with van der Waals surface area (Å²) in [6, 6.07) is -6.17. The molecule has 0 aromatic rings. The Bertz CT molecular complexity index is 1020. The van der Waals surface area contributed by atoms with E-state index >= 15 is 0 Å². The third-order valence-electron chi connectivity index (χ3n) is 6.93. The molecule has 0 radical (unpaired) electrons. The maximum atomic E-state index is 13.2. The van der Waals surface area contributed by atoms with E-state index in [-0.39, 0.29) is 31.1 Å². The van der Waals surface area contributed by atoms with Crippen molar-refractivity contribution in [3.8, 4) is 0 Å². The van der Waals surface area contributed by atoms with Crippen LogP contribution in [0.5, 0.6) is 0 Å². The SMILES string of the molecule is CC(C)C[C@H](NC(=O)[C@H](C)NC(=O)[C@@H](NC(=O)[C@@H]1CCCN1C(=O)[C@@H](N)CCC(N)=O)C(C)C)C(=O)N[C@@H](C)C(=O)O. The molecule has 0 bridgehead atoms. The van der Waals surface area contributed by atoms with E-state index in [2.05, 4.69) is 21.3 Å². The summed E-state index contributed by atoms with van der Waals surface area (Å²) in [5.41, 5.74) is 11.1. The molecule has 1 aliphatic rings. The van der Waals surface area contributed by atoms with E-state index in [0.717, 1.165) is 0 Å². The molecule has 0 aromatic heterocycles. The van der Waals surface area contributed by atoms with E-state index in [0.29, 0.717) is 19.4 Å². The third kappa shape index (κ3) is 11.3. The predicted octanol–water partition coefficient (Wildman–Crippen LogP) is -1.66. The highest BCUT2D eigenvalue weighted by Gasteiger charge is 2.38. The van der Waals surface area contributed by atoms with Gasteiger partial charge in [0.25, 0.3) is 0 Å². The quantitative estimate of drug-likeness (QED) is 0.107. The van der Waals surface area contributed by atoms with Gasteiger partial charge < -0.3 is 42.7 Å². The van der Waals surface area contributed by atoms with Crippen molar-refractivity contribution in [3.63, 3.8) is 0 Å². The van der Waals surface area contributed by atoms with Gasteiger partial charge in [0.1, 0.15) is 30.2 Å². The van der Waals surface area contributed by atoms with Crippen molar-refractivity contribution in [2.24, 2.45) is 23.3 Å². The minimum atomic E-state index is -1.23. The van der Waals surface area contributed by atoms with E-state index in [4.69, 9.17) is 16.6 Å². The van der Waals surface area contributed by atoms with Gasteiger partial charge in [0, 0.05) is 13.0 Å². The third-order valence-corrected chi connectivity index (χ3v) is 6.93. The molecule has 1 fully saturated rings.